The molecule has 6 rings (SSSR count). The summed E-state index contributed by atoms with van der Waals surface area (Å²) in [5, 5.41) is 11.5. The van der Waals surface area contributed by atoms with Crippen LogP contribution in [0.3, 0.4) is 0 Å². The molecule has 9 nitrogen and oxygen atoms in total. The van der Waals surface area contributed by atoms with E-state index in [1.165, 1.54) is 17.7 Å². The number of aromatic nitrogens is 4. The fraction of sp³-hybridized carbons (Fsp3) is 0.333. The fourth-order valence-corrected chi connectivity index (χ4v) is 4.73. The van der Waals surface area contributed by atoms with E-state index in [9.17, 15) is 0 Å². The zero-order valence-electron chi connectivity index (χ0n) is 18.6. The molecule has 2 N–H and O–H groups in total. The Hall–Kier alpha value is -3.72. The predicted octanol–water partition coefficient (Wildman–Crippen LogP) is 2.54. The van der Waals surface area contributed by atoms with E-state index in [-0.39, 0.29) is 6.04 Å². The smallest absolute Gasteiger partial charge is 0.174 e. The topological polar surface area (TPSA) is 87.7 Å². The number of benzene rings is 1. The van der Waals surface area contributed by atoms with Crippen molar-refractivity contribution in [2.24, 2.45) is 23.0 Å². The second kappa shape index (κ2) is 8.32. The molecule has 0 bridgehead atoms. The molecule has 1 aromatic carbocycles. The number of aryl methyl sites for hydroxylation is 1. The van der Waals surface area contributed by atoms with Crippen LogP contribution < -0.4 is 10.6 Å². The van der Waals surface area contributed by atoms with Gasteiger partial charge in [0.25, 0.3) is 0 Å². The third-order valence-corrected chi connectivity index (χ3v) is 6.49. The molecule has 168 valence electrons. The molecule has 9 heteroatoms. The van der Waals surface area contributed by atoms with Gasteiger partial charge >= 0.3 is 0 Å². The summed E-state index contributed by atoms with van der Waals surface area (Å²) in [6, 6.07) is 8.30. The van der Waals surface area contributed by atoms with Crippen LogP contribution in [0.25, 0.3) is 5.69 Å². The SMILES string of the molecule is Cn1cc(C2CN=C3C(=Nc4ccc(-n5ccnc5)cc4)NC(C4CCCNC4)=CN32)cn1. The molecule has 1 fully saturated rings. The van der Waals surface area contributed by atoms with Crippen LogP contribution in [-0.4, -0.2) is 55.5 Å². The zero-order chi connectivity index (χ0) is 22.2. The van der Waals surface area contributed by atoms with Crippen molar-refractivity contribution in [1.29, 1.82) is 0 Å². The molecule has 2 unspecified atom stereocenters. The number of nitrogens with one attached hydrogen (secondary N) is 2. The Bertz CT molecular complexity index is 1210. The molecule has 2 atom stereocenters. The molecule has 3 aliphatic rings. The number of imidazole rings is 1. The highest BCUT2D eigenvalue weighted by Gasteiger charge is 2.36. The molecule has 0 amide bonds. The number of nitrogens with zero attached hydrogens (tertiary/aromatic N) is 7. The second-order valence-corrected chi connectivity index (χ2v) is 8.73. The largest absolute Gasteiger partial charge is 0.339 e. The Labute approximate surface area is 192 Å². The molecule has 0 radical (unpaired) electrons. The van der Waals surface area contributed by atoms with E-state index < -0.39 is 0 Å². The van der Waals surface area contributed by atoms with Gasteiger partial charge in [-0.25, -0.2) is 9.98 Å². The monoisotopic (exact) mass is 441 g/mol. The van der Waals surface area contributed by atoms with Gasteiger partial charge in [0.1, 0.15) is 0 Å². The number of aliphatic imine (C=N–C) groups is 2. The Kier molecular flexibility index (Phi) is 5.03. The summed E-state index contributed by atoms with van der Waals surface area (Å²) >= 11 is 0. The lowest BCUT2D eigenvalue weighted by Gasteiger charge is -2.34. The van der Waals surface area contributed by atoms with Crippen LogP contribution in [-0.2, 0) is 7.05 Å². The van der Waals surface area contributed by atoms with Gasteiger partial charge in [-0.2, -0.15) is 5.10 Å². The average Bonchev–Trinajstić information content (AvgIpc) is 3.61. The normalized spacial score (nSPS) is 23.8. The van der Waals surface area contributed by atoms with Crippen LogP contribution >= 0.6 is 0 Å². The summed E-state index contributed by atoms with van der Waals surface area (Å²) < 4.78 is 3.83. The minimum absolute atomic E-state index is 0.135. The number of hydrogen-bond acceptors (Lipinski definition) is 6. The van der Waals surface area contributed by atoms with Gasteiger partial charge < -0.3 is 20.1 Å². The third-order valence-electron chi connectivity index (χ3n) is 6.49. The maximum Gasteiger partial charge on any atom is 0.174 e. The van der Waals surface area contributed by atoms with Crippen molar-refractivity contribution in [3.05, 3.63) is 72.8 Å². The van der Waals surface area contributed by atoms with Crippen LogP contribution in [0.4, 0.5) is 5.69 Å². The number of rotatable bonds is 4. The van der Waals surface area contributed by atoms with Gasteiger partial charge in [0.15, 0.2) is 11.7 Å². The van der Waals surface area contributed by atoms with Crippen molar-refractivity contribution in [3.8, 4) is 5.69 Å². The van der Waals surface area contributed by atoms with E-state index in [0.717, 1.165) is 42.6 Å². The molecule has 0 saturated carbocycles. The average molecular weight is 442 g/mol. The van der Waals surface area contributed by atoms with Crippen LogP contribution in [0.5, 0.6) is 0 Å². The number of piperidine rings is 1. The number of fused-ring (bicyclic) bond motifs is 1. The van der Waals surface area contributed by atoms with Gasteiger partial charge in [-0.15, -0.1) is 0 Å². The first-order chi connectivity index (χ1) is 16.2. The van der Waals surface area contributed by atoms with Crippen LogP contribution in [0.2, 0.25) is 0 Å². The summed E-state index contributed by atoms with van der Waals surface area (Å²) in [7, 11) is 1.95. The van der Waals surface area contributed by atoms with Crippen LogP contribution in [0.15, 0.2) is 77.3 Å². The van der Waals surface area contributed by atoms with E-state index in [4.69, 9.17) is 9.98 Å². The van der Waals surface area contributed by atoms with E-state index >= 15 is 0 Å². The summed E-state index contributed by atoms with van der Waals surface area (Å²) in [5.41, 5.74) is 4.31. The first-order valence-electron chi connectivity index (χ1n) is 11.4. The first kappa shape index (κ1) is 19.9. The van der Waals surface area contributed by atoms with Gasteiger partial charge in [0.05, 0.1) is 30.8 Å². The minimum atomic E-state index is 0.135. The molecule has 33 heavy (non-hydrogen) atoms. The van der Waals surface area contributed by atoms with Crippen molar-refractivity contribution < 1.29 is 0 Å². The second-order valence-electron chi connectivity index (χ2n) is 8.73. The first-order valence-corrected chi connectivity index (χ1v) is 11.4. The van der Waals surface area contributed by atoms with E-state index in [1.807, 2.05) is 40.8 Å². The van der Waals surface area contributed by atoms with Crippen molar-refractivity contribution in [2.45, 2.75) is 18.9 Å². The van der Waals surface area contributed by atoms with Gasteiger partial charge in [0, 0.05) is 61.2 Å². The Morgan fingerprint density at radius 3 is 2.82 bits per heavy atom. The molecule has 1 saturated heterocycles. The highest BCUT2D eigenvalue weighted by molar-refractivity contribution is 6.42. The quantitative estimate of drug-likeness (QED) is 0.650. The predicted molar refractivity (Wildman–Crippen MR) is 128 cm³/mol. The minimum Gasteiger partial charge on any atom is -0.339 e. The van der Waals surface area contributed by atoms with E-state index in [0.29, 0.717) is 12.5 Å². The summed E-state index contributed by atoms with van der Waals surface area (Å²) in [6.07, 6.45) is 14.1. The maximum absolute atomic E-state index is 4.99. The lowest BCUT2D eigenvalue weighted by Crippen LogP contribution is -2.47. The lowest BCUT2D eigenvalue weighted by atomic mass is 9.95. The molecule has 3 aliphatic heterocycles. The highest BCUT2D eigenvalue weighted by atomic mass is 15.3. The molecule has 0 spiro atoms. The Balaban J connectivity index is 1.33. The van der Waals surface area contributed by atoms with Crippen molar-refractivity contribution in [3.63, 3.8) is 0 Å². The van der Waals surface area contributed by atoms with Gasteiger partial charge in [-0.05, 0) is 43.7 Å². The summed E-state index contributed by atoms with van der Waals surface area (Å²) in [6.45, 7) is 2.75. The molecule has 5 heterocycles. The molecular formula is C24H27N9. The van der Waals surface area contributed by atoms with Crippen LogP contribution in [0, 0.1) is 5.92 Å². The molecular weight excluding hydrogens is 414 g/mol. The van der Waals surface area contributed by atoms with E-state index in [1.54, 1.807) is 12.5 Å². The highest BCUT2D eigenvalue weighted by Crippen LogP contribution is 2.32. The van der Waals surface area contributed by atoms with Crippen LogP contribution in [0.1, 0.15) is 24.4 Å². The number of amidine groups is 2. The molecule has 0 aliphatic carbocycles. The van der Waals surface area contributed by atoms with Gasteiger partial charge in [-0.1, -0.05) is 0 Å². The van der Waals surface area contributed by atoms with Gasteiger partial charge in [0.2, 0.25) is 0 Å². The number of hydrogen-bond donors (Lipinski definition) is 2. The maximum atomic E-state index is 4.99. The van der Waals surface area contributed by atoms with Crippen molar-refractivity contribution in [2.75, 3.05) is 19.6 Å². The van der Waals surface area contributed by atoms with Gasteiger partial charge in [-0.3, -0.25) is 9.67 Å². The van der Waals surface area contributed by atoms with Crippen molar-refractivity contribution >= 4 is 17.4 Å². The third kappa shape index (κ3) is 3.84. The Morgan fingerprint density at radius 1 is 1.18 bits per heavy atom. The molecule has 2 aromatic heterocycles. The summed E-state index contributed by atoms with van der Waals surface area (Å²) in [4.78, 5) is 16.3. The lowest BCUT2D eigenvalue weighted by molar-refractivity contribution is 0.391. The van der Waals surface area contributed by atoms with Crippen molar-refractivity contribution in [1.82, 2.24) is 34.9 Å². The standard InChI is InChI=1S/C24H27N9/c1-31-14-18(12-28-31)22-13-27-24-23(30-21(15-33(22)24)17-3-2-8-25-11-17)29-19-4-6-20(7-5-19)32-10-9-26-16-32/h4-7,9-10,12,14-17,22,25H,2-3,8,11,13H2,1H3,(H,29,30). The Morgan fingerprint density at radius 2 is 2.09 bits per heavy atom. The molecule has 3 aromatic rings. The zero-order valence-corrected chi connectivity index (χ0v) is 18.6. The van der Waals surface area contributed by atoms with E-state index in [2.05, 4.69) is 50.1 Å². The fourth-order valence-electron chi connectivity index (χ4n) is 4.73. The summed E-state index contributed by atoms with van der Waals surface area (Å²) in [5.74, 6) is 2.12.